The predicted molar refractivity (Wildman–Crippen MR) is 82.9 cm³/mol. The molecule has 0 aliphatic heterocycles. The van der Waals surface area contributed by atoms with Gasteiger partial charge in [0.25, 0.3) is 0 Å². The van der Waals surface area contributed by atoms with E-state index in [2.05, 4.69) is 14.7 Å². The van der Waals surface area contributed by atoms with Gasteiger partial charge in [-0.1, -0.05) is 29.8 Å². The van der Waals surface area contributed by atoms with E-state index in [9.17, 15) is 8.42 Å². The van der Waals surface area contributed by atoms with Gasteiger partial charge in [0.1, 0.15) is 6.33 Å². The second-order valence-electron chi connectivity index (χ2n) is 4.65. The second kappa shape index (κ2) is 7.10. The van der Waals surface area contributed by atoms with Crippen LogP contribution in [0.3, 0.4) is 0 Å². The van der Waals surface area contributed by atoms with Crippen LogP contribution in [-0.2, 0) is 16.4 Å². The summed E-state index contributed by atoms with van der Waals surface area (Å²) in [5.74, 6) is 0. The molecule has 0 fully saturated rings. The van der Waals surface area contributed by atoms with E-state index in [1.807, 2.05) is 31.2 Å². The van der Waals surface area contributed by atoms with Crippen molar-refractivity contribution < 1.29 is 8.42 Å². The SMILES string of the molecule is Cc1ccc(C=CS(=O)(=O)NCCc2cncnc2)cc1. The van der Waals surface area contributed by atoms with Crippen molar-refractivity contribution in [1.29, 1.82) is 0 Å². The van der Waals surface area contributed by atoms with Crippen molar-refractivity contribution >= 4 is 16.1 Å². The van der Waals surface area contributed by atoms with E-state index in [4.69, 9.17) is 0 Å². The predicted octanol–water partition coefficient (Wildman–Crippen LogP) is 1.92. The van der Waals surface area contributed by atoms with Gasteiger partial charge < -0.3 is 0 Å². The molecule has 0 atom stereocenters. The molecule has 0 saturated carbocycles. The number of nitrogens with one attached hydrogen (secondary N) is 1. The van der Waals surface area contributed by atoms with Gasteiger partial charge in [-0.25, -0.2) is 23.1 Å². The Balaban J connectivity index is 1.88. The Bertz CT molecular complexity index is 695. The number of aryl methyl sites for hydroxylation is 1. The molecule has 0 spiro atoms. The first-order chi connectivity index (χ1) is 10.1. The molecular formula is C15H17N3O2S. The van der Waals surface area contributed by atoms with Crippen molar-refractivity contribution in [1.82, 2.24) is 14.7 Å². The highest BCUT2D eigenvalue weighted by Crippen LogP contribution is 2.06. The number of rotatable bonds is 6. The third-order valence-electron chi connectivity index (χ3n) is 2.85. The lowest BCUT2D eigenvalue weighted by Crippen LogP contribution is -2.23. The van der Waals surface area contributed by atoms with Gasteiger partial charge in [0.15, 0.2) is 0 Å². The van der Waals surface area contributed by atoms with E-state index >= 15 is 0 Å². The maximum absolute atomic E-state index is 11.8. The van der Waals surface area contributed by atoms with E-state index < -0.39 is 10.0 Å². The molecule has 5 nitrogen and oxygen atoms in total. The molecule has 2 aromatic rings. The molecule has 0 amide bonds. The molecule has 0 unspecified atom stereocenters. The zero-order valence-electron chi connectivity index (χ0n) is 11.7. The minimum Gasteiger partial charge on any atom is -0.245 e. The lowest BCUT2D eigenvalue weighted by molar-refractivity contribution is 0.591. The third kappa shape index (κ3) is 5.45. The first-order valence-electron chi connectivity index (χ1n) is 6.53. The summed E-state index contributed by atoms with van der Waals surface area (Å²) in [6.45, 7) is 2.30. The minimum absolute atomic E-state index is 0.313. The quantitative estimate of drug-likeness (QED) is 0.885. The van der Waals surface area contributed by atoms with Gasteiger partial charge in [-0.05, 0) is 30.5 Å². The average Bonchev–Trinajstić information content (AvgIpc) is 2.48. The minimum atomic E-state index is -3.43. The summed E-state index contributed by atoms with van der Waals surface area (Å²) in [7, 11) is -3.43. The second-order valence-corrected chi connectivity index (χ2v) is 6.30. The summed E-state index contributed by atoms with van der Waals surface area (Å²) in [6, 6.07) is 7.63. The van der Waals surface area contributed by atoms with Crippen LogP contribution in [0.15, 0.2) is 48.4 Å². The van der Waals surface area contributed by atoms with Crippen LogP contribution >= 0.6 is 0 Å². The van der Waals surface area contributed by atoms with Crippen molar-refractivity contribution in [2.45, 2.75) is 13.3 Å². The Morgan fingerprint density at radius 3 is 2.48 bits per heavy atom. The molecule has 0 aliphatic carbocycles. The normalized spacial score (nSPS) is 11.9. The van der Waals surface area contributed by atoms with E-state index in [-0.39, 0.29) is 0 Å². The highest BCUT2D eigenvalue weighted by Gasteiger charge is 2.04. The van der Waals surface area contributed by atoms with Gasteiger partial charge in [0, 0.05) is 24.3 Å². The molecule has 21 heavy (non-hydrogen) atoms. The van der Waals surface area contributed by atoms with Crippen LogP contribution < -0.4 is 4.72 Å². The zero-order valence-corrected chi connectivity index (χ0v) is 12.5. The number of hydrogen-bond donors (Lipinski definition) is 1. The summed E-state index contributed by atoms with van der Waals surface area (Å²) in [4.78, 5) is 7.76. The topological polar surface area (TPSA) is 72.0 Å². The van der Waals surface area contributed by atoms with E-state index in [1.54, 1.807) is 18.5 Å². The fourth-order valence-corrected chi connectivity index (χ4v) is 2.51. The van der Waals surface area contributed by atoms with E-state index in [1.165, 1.54) is 11.7 Å². The maximum Gasteiger partial charge on any atom is 0.233 e. The van der Waals surface area contributed by atoms with E-state index in [0.29, 0.717) is 13.0 Å². The maximum atomic E-state index is 11.8. The fraction of sp³-hybridized carbons (Fsp3) is 0.200. The van der Waals surface area contributed by atoms with Crippen LogP contribution in [0.1, 0.15) is 16.7 Å². The van der Waals surface area contributed by atoms with Crippen molar-refractivity contribution in [3.05, 3.63) is 65.1 Å². The lowest BCUT2D eigenvalue weighted by atomic mass is 10.2. The summed E-state index contributed by atoms with van der Waals surface area (Å²) in [6.07, 6.45) is 6.91. The molecule has 0 aliphatic rings. The number of nitrogens with zero attached hydrogens (tertiary/aromatic N) is 2. The van der Waals surface area contributed by atoms with Crippen LogP contribution in [0, 0.1) is 6.92 Å². The van der Waals surface area contributed by atoms with Crippen molar-refractivity contribution in [2.24, 2.45) is 0 Å². The molecule has 6 heteroatoms. The number of hydrogen-bond acceptors (Lipinski definition) is 4. The molecule has 0 radical (unpaired) electrons. The fourth-order valence-electron chi connectivity index (χ4n) is 1.69. The number of benzene rings is 1. The van der Waals surface area contributed by atoms with Gasteiger partial charge in [0.05, 0.1) is 0 Å². The zero-order chi connectivity index (χ0) is 15.1. The monoisotopic (exact) mass is 303 g/mol. The summed E-state index contributed by atoms with van der Waals surface area (Å²) < 4.78 is 26.2. The first kappa shape index (κ1) is 15.3. The molecular weight excluding hydrogens is 286 g/mol. The Hall–Kier alpha value is -2.05. The molecule has 1 aromatic carbocycles. The smallest absolute Gasteiger partial charge is 0.233 e. The summed E-state index contributed by atoms with van der Waals surface area (Å²) >= 11 is 0. The van der Waals surface area contributed by atoms with Gasteiger partial charge in [-0.2, -0.15) is 0 Å². The van der Waals surface area contributed by atoms with Crippen LogP contribution in [0.4, 0.5) is 0 Å². The Labute approximate surface area is 124 Å². The molecule has 1 aromatic heterocycles. The van der Waals surface area contributed by atoms with Gasteiger partial charge in [0.2, 0.25) is 10.0 Å². The Morgan fingerprint density at radius 1 is 1.14 bits per heavy atom. The third-order valence-corrected chi connectivity index (χ3v) is 3.95. The molecule has 1 heterocycles. The van der Waals surface area contributed by atoms with Crippen molar-refractivity contribution in [3.8, 4) is 0 Å². The standard InChI is InChI=1S/C15H17N3O2S/c1-13-2-4-14(5-3-13)7-9-21(19,20)18-8-6-15-10-16-12-17-11-15/h2-5,7,9-12,18H,6,8H2,1H3. The molecule has 0 saturated heterocycles. The molecule has 110 valence electrons. The van der Waals surface area contributed by atoms with Gasteiger partial charge >= 0.3 is 0 Å². The van der Waals surface area contributed by atoms with Crippen LogP contribution in [-0.4, -0.2) is 24.9 Å². The summed E-state index contributed by atoms with van der Waals surface area (Å²) in [5, 5.41) is 1.18. The van der Waals surface area contributed by atoms with Crippen LogP contribution in [0.25, 0.3) is 6.08 Å². The Morgan fingerprint density at radius 2 is 1.81 bits per heavy atom. The first-order valence-corrected chi connectivity index (χ1v) is 8.08. The van der Waals surface area contributed by atoms with Crippen LogP contribution in [0.2, 0.25) is 0 Å². The van der Waals surface area contributed by atoms with E-state index in [0.717, 1.165) is 16.7 Å². The summed E-state index contributed by atoms with van der Waals surface area (Å²) in [5.41, 5.74) is 2.88. The van der Waals surface area contributed by atoms with Gasteiger partial charge in [-0.3, -0.25) is 0 Å². The van der Waals surface area contributed by atoms with Gasteiger partial charge in [-0.15, -0.1) is 0 Å². The number of aromatic nitrogens is 2. The highest BCUT2D eigenvalue weighted by molar-refractivity contribution is 7.92. The largest absolute Gasteiger partial charge is 0.245 e. The van der Waals surface area contributed by atoms with Crippen molar-refractivity contribution in [3.63, 3.8) is 0 Å². The lowest BCUT2D eigenvalue weighted by Gasteiger charge is -2.02. The molecule has 2 rings (SSSR count). The number of sulfonamides is 1. The molecule has 0 bridgehead atoms. The van der Waals surface area contributed by atoms with Crippen LogP contribution in [0.5, 0.6) is 0 Å². The Kier molecular flexibility index (Phi) is 5.19. The highest BCUT2D eigenvalue weighted by atomic mass is 32.2. The van der Waals surface area contributed by atoms with Crippen molar-refractivity contribution in [2.75, 3.05) is 6.54 Å². The average molecular weight is 303 g/mol. The molecule has 1 N–H and O–H groups in total.